The summed E-state index contributed by atoms with van der Waals surface area (Å²) < 4.78 is 28.2. The van der Waals surface area contributed by atoms with Crippen molar-refractivity contribution in [1.82, 2.24) is 0 Å². The molecule has 4 nitrogen and oxygen atoms in total. The molecule has 0 spiro atoms. The quantitative estimate of drug-likeness (QED) is 0.461. The van der Waals surface area contributed by atoms with E-state index >= 15 is 0 Å². The second kappa shape index (κ2) is 3.60. The Kier molecular flexibility index (Phi) is 3.44. The van der Waals surface area contributed by atoms with Crippen molar-refractivity contribution < 1.29 is 16.8 Å². The molecule has 0 radical (unpaired) electrons. The van der Waals surface area contributed by atoms with Crippen LogP contribution in [0.5, 0.6) is 0 Å². The first kappa shape index (κ1) is 8.61. The molecule has 0 saturated carbocycles. The van der Waals surface area contributed by atoms with E-state index in [4.69, 9.17) is 0 Å². The summed E-state index contributed by atoms with van der Waals surface area (Å²) in [5, 5.41) is 0. The Labute approximate surface area is 54.4 Å². The van der Waals surface area contributed by atoms with Gasteiger partial charge in [-0.2, -0.15) is 8.42 Å². The van der Waals surface area contributed by atoms with Crippen molar-refractivity contribution in [2.75, 3.05) is 13.2 Å². The molecule has 1 saturated heterocycles. The van der Waals surface area contributed by atoms with Crippen molar-refractivity contribution in [2.24, 2.45) is 0 Å². The maximum atomic E-state index is 9.99. The first-order valence-electron chi connectivity index (χ1n) is 2.24. The van der Waals surface area contributed by atoms with Gasteiger partial charge in [0, 0.05) is 0 Å². The van der Waals surface area contributed by atoms with Crippen LogP contribution in [-0.4, -0.2) is 21.6 Å². The summed E-state index contributed by atoms with van der Waals surface area (Å²) in [6.45, 7) is 6.31. The van der Waals surface area contributed by atoms with Gasteiger partial charge in [0.2, 0.25) is 0 Å². The average Bonchev–Trinajstić information content (AvgIpc) is 2.19. The summed E-state index contributed by atoms with van der Waals surface area (Å²) in [5.74, 6) is 0. The molecule has 0 aromatic heterocycles. The summed E-state index contributed by atoms with van der Waals surface area (Å²) in [4.78, 5) is 0. The van der Waals surface area contributed by atoms with Crippen LogP contribution in [0.3, 0.4) is 0 Å². The standard InChI is InChI=1S/C2H4O4S.C2H4/c3-7(4)5-1-2-6-7;1-2/h1-2H2;1-2H2. The van der Waals surface area contributed by atoms with E-state index in [0.29, 0.717) is 0 Å². The van der Waals surface area contributed by atoms with Gasteiger partial charge in [-0.3, -0.25) is 0 Å². The third kappa shape index (κ3) is 3.23. The molecule has 1 fully saturated rings. The van der Waals surface area contributed by atoms with Gasteiger partial charge in [-0.25, -0.2) is 8.37 Å². The van der Waals surface area contributed by atoms with Crippen LogP contribution in [0.25, 0.3) is 0 Å². The van der Waals surface area contributed by atoms with E-state index in [1.54, 1.807) is 0 Å². The summed E-state index contributed by atoms with van der Waals surface area (Å²) in [7, 11) is -3.55. The zero-order valence-corrected chi connectivity index (χ0v) is 5.69. The minimum absolute atomic E-state index is 0.155. The Morgan fingerprint density at radius 1 is 1.11 bits per heavy atom. The Morgan fingerprint density at radius 3 is 1.56 bits per heavy atom. The SMILES string of the molecule is C=C.O=S1(=O)OCCO1. The maximum Gasteiger partial charge on any atom is 0.400 e. The average molecular weight is 152 g/mol. The van der Waals surface area contributed by atoms with Crippen LogP contribution in [0.2, 0.25) is 0 Å². The van der Waals surface area contributed by atoms with Gasteiger partial charge < -0.3 is 0 Å². The maximum absolute atomic E-state index is 9.99. The first-order valence-corrected chi connectivity index (χ1v) is 3.58. The summed E-state index contributed by atoms with van der Waals surface area (Å²) in [6.07, 6.45) is 0. The normalized spacial score (nSPS) is 22.2. The Morgan fingerprint density at radius 2 is 1.44 bits per heavy atom. The van der Waals surface area contributed by atoms with Gasteiger partial charge in [0.25, 0.3) is 0 Å². The van der Waals surface area contributed by atoms with Gasteiger partial charge in [0.15, 0.2) is 0 Å². The molecule has 0 bridgehead atoms. The molecule has 0 aromatic carbocycles. The van der Waals surface area contributed by atoms with E-state index in [1.165, 1.54) is 0 Å². The molecule has 9 heavy (non-hydrogen) atoms. The zero-order valence-electron chi connectivity index (χ0n) is 4.87. The molecule has 1 aliphatic rings. The lowest BCUT2D eigenvalue weighted by molar-refractivity contribution is 0.360. The van der Waals surface area contributed by atoms with Gasteiger partial charge in [-0.15, -0.1) is 13.2 Å². The molecule has 0 aromatic rings. The van der Waals surface area contributed by atoms with Gasteiger partial charge in [0.1, 0.15) is 0 Å². The number of hydrogen-bond acceptors (Lipinski definition) is 4. The van der Waals surface area contributed by atoms with Crippen molar-refractivity contribution in [3.05, 3.63) is 13.2 Å². The third-order valence-corrected chi connectivity index (χ3v) is 1.45. The van der Waals surface area contributed by atoms with Crippen molar-refractivity contribution in [3.8, 4) is 0 Å². The molecule has 0 amide bonds. The fourth-order valence-electron chi connectivity index (χ4n) is 0.306. The Balaban J connectivity index is 0.000000291. The van der Waals surface area contributed by atoms with E-state index in [0.717, 1.165) is 0 Å². The van der Waals surface area contributed by atoms with Gasteiger partial charge >= 0.3 is 10.4 Å². The predicted molar refractivity (Wildman–Crippen MR) is 32.1 cm³/mol. The van der Waals surface area contributed by atoms with Crippen LogP contribution < -0.4 is 0 Å². The molecule has 0 atom stereocenters. The predicted octanol–water partition coefficient (Wildman–Crippen LogP) is 0.0802. The lowest BCUT2D eigenvalue weighted by Crippen LogP contribution is -1.94. The van der Waals surface area contributed by atoms with Gasteiger partial charge in [-0.05, 0) is 0 Å². The van der Waals surface area contributed by atoms with E-state index < -0.39 is 10.4 Å². The molecular weight excluding hydrogens is 144 g/mol. The molecule has 1 rings (SSSR count). The Hall–Kier alpha value is -0.390. The van der Waals surface area contributed by atoms with E-state index in [9.17, 15) is 8.42 Å². The lowest BCUT2D eigenvalue weighted by Gasteiger charge is -1.82. The largest absolute Gasteiger partial charge is 0.400 e. The Bertz CT molecular complexity index is 147. The molecule has 1 aliphatic heterocycles. The zero-order chi connectivity index (χ0) is 7.33. The highest BCUT2D eigenvalue weighted by molar-refractivity contribution is 7.82. The monoisotopic (exact) mass is 152 g/mol. The second-order valence-electron chi connectivity index (χ2n) is 1.05. The summed E-state index contributed by atoms with van der Waals surface area (Å²) in [5.41, 5.74) is 0. The number of rotatable bonds is 0. The van der Waals surface area contributed by atoms with Crippen molar-refractivity contribution in [1.29, 1.82) is 0 Å². The first-order chi connectivity index (χ1) is 4.21. The highest BCUT2D eigenvalue weighted by Crippen LogP contribution is 2.02. The van der Waals surface area contributed by atoms with Crippen LogP contribution in [0.4, 0.5) is 0 Å². The smallest absolute Gasteiger partial charge is 0.246 e. The molecule has 0 aliphatic carbocycles. The van der Waals surface area contributed by atoms with Crippen LogP contribution in [0.1, 0.15) is 0 Å². The second-order valence-corrected chi connectivity index (χ2v) is 2.34. The highest BCUT2D eigenvalue weighted by atomic mass is 32.3. The van der Waals surface area contributed by atoms with Crippen LogP contribution in [0, 0.1) is 0 Å². The van der Waals surface area contributed by atoms with E-state index in [1.807, 2.05) is 0 Å². The van der Waals surface area contributed by atoms with Crippen LogP contribution >= 0.6 is 0 Å². The molecule has 54 valence electrons. The topological polar surface area (TPSA) is 52.6 Å². The number of hydrogen-bond donors (Lipinski definition) is 0. The van der Waals surface area contributed by atoms with Crippen molar-refractivity contribution in [2.45, 2.75) is 0 Å². The summed E-state index contributed by atoms with van der Waals surface area (Å²) >= 11 is 0. The minimum Gasteiger partial charge on any atom is -0.246 e. The van der Waals surface area contributed by atoms with E-state index in [2.05, 4.69) is 21.5 Å². The summed E-state index contributed by atoms with van der Waals surface area (Å²) in [6, 6.07) is 0. The fraction of sp³-hybridized carbons (Fsp3) is 0.500. The van der Waals surface area contributed by atoms with Crippen molar-refractivity contribution >= 4 is 10.4 Å². The molecule has 5 heteroatoms. The van der Waals surface area contributed by atoms with Gasteiger partial charge in [-0.1, -0.05) is 0 Å². The highest BCUT2D eigenvalue weighted by Gasteiger charge is 2.17. The van der Waals surface area contributed by atoms with Gasteiger partial charge in [0.05, 0.1) is 13.2 Å². The van der Waals surface area contributed by atoms with Crippen LogP contribution in [-0.2, 0) is 18.8 Å². The minimum atomic E-state index is -3.55. The lowest BCUT2D eigenvalue weighted by atomic mass is 10.8. The van der Waals surface area contributed by atoms with E-state index in [-0.39, 0.29) is 13.2 Å². The molecule has 0 unspecified atom stereocenters. The fourth-order valence-corrected chi connectivity index (χ4v) is 0.919. The molecule has 1 heterocycles. The molecular formula is C4H8O4S. The van der Waals surface area contributed by atoms with Crippen molar-refractivity contribution in [3.63, 3.8) is 0 Å². The molecule has 0 N–H and O–H groups in total. The van der Waals surface area contributed by atoms with Crippen LogP contribution in [0.15, 0.2) is 13.2 Å². The third-order valence-electron chi connectivity index (χ3n) is 0.539.